The van der Waals surface area contributed by atoms with E-state index >= 15 is 0 Å². The summed E-state index contributed by atoms with van der Waals surface area (Å²) in [4.78, 5) is 13.4. The molecule has 0 aliphatic carbocycles. The van der Waals surface area contributed by atoms with Crippen molar-refractivity contribution in [2.75, 3.05) is 5.32 Å². The summed E-state index contributed by atoms with van der Waals surface area (Å²) < 4.78 is 34.8. The fraction of sp³-hybridized carbons (Fsp3) is 0.0370. The summed E-state index contributed by atoms with van der Waals surface area (Å²) >= 11 is 0. The van der Waals surface area contributed by atoms with E-state index in [1.807, 2.05) is 60.7 Å². The molecule has 0 spiro atoms. The molecule has 0 radical (unpaired) electrons. The standard InChI is InChI=1S/C27H22N4O4S/c32-27(29-21-11-7-15-24(17-21)36(33,34)28-18-23-14-8-16-35-23)25-19-31(22-12-5-2-6-13-22)30-26(25)20-9-3-1-4-10-20/h1-17,19,28H,18H2,(H,29,32). The van der Waals surface area contributed by atoms with E-state index < -0.39 is 15.9 Å². The molecule has 2 heterocycles. The summed E-state index contributed by atoms with van der Waals surface area (Å²) in [7, 11) is -3.82. The van der Waals surface area contributed by atoms with E-state index in [4.69, 9.17) is 4.42 Å². The molecule has 5 aromatic rings. The van der Waals surface area contributed by atoms with Gasteiger partial charge < -0.3 is 9.73 Å². The molecule has 5 rings (SSSR count). The lowest BCUT2D eigenvalue weighted by atomic mass is 10.1. The van der Waals surface area contributed by atoms with Crippen LogP contribution in [0.25, 0.3) is 16.9 Å². The van der Waals surface area contributed by atoms with Crippen molar-refractivity contribution in [3.63, 3.8) is 0 Å². The van der Waals surface area contributed by atoms with Crippen LogP contribution in [0.15, 0.2) is 119 Å². The first-order valence-corrected chi connectivity index (χ1v) is 12.6. The normalized spacial score (nSPS) is 11.3. The Morgan fingerprint density at radius 3 is 2.36 bits per heavy atom. The van der Waals surface area contributed by atoms with Gasteiger partial charge in [0.15, 0.2) is 0 Å². The summed E-state index contributed by atoms with van der Waals surface area (Å²) in [5.74, 6) is 0.0843. The van der Waals surface area contributed by atoms with E-state index in [0.29, 0.717) is 22.7 Å². The molecule has 2 N–H and O–H groups in total. The molecule has 9 heteroatoms. The maximum atomic E-state index is 13.4. The average molecular weight is 499 g/mol. The van der Waals surface area contributed by atoms with Crippen molar-refractivity contribution in [3.05, 3.63) is 121 Å². The van der Waals surface area contributed by atoms with E-state index in [-0.39, 0.29) is 11.4 Å². The summed E-state index contributed by atoms with van der Waals surface area (Å²) in [6.45, 7) is 0.0189. The minimum absolute atomic E-state index is 0.0189. The molecule has 2 aromatic heterocycles. The van der Waals surface area contributed by atoms with Gasteiger partial charge in [-0.05, 0) is 42.5 Å². The van der Waals surface area contributed by atoms with Crippen LogP contribution >= 0.6 is 0 Å². The minimum atomic E-state index is -3.82. The maximum absolute atomic E-state index is 13.4. The predicted octanol–water partition coefficient (Wildman–Crippen LogP) is 4.86. The first kappa shape index (κ1) is 23.3. The molecule has 0 atom stereocenters. The van der Waals surface area contributed by atoms with Crippen LogP contribution in [0.5, 0.6) is 0 Å². The van der Waals surface area contributed by atoms with Gasteiger partial charge in [0, 0.05) is 17.4 Å². The van der Waals surface area contributed by atoms with Crippen LogP contribution in [0, 0.1) is 0 Å². The third kappa shape index (κ3) is 5.12. The Kier molecular flexibility index (Phi) is 6.48. The maximum Gasteiger partial charge on any atom is 0.259 e. The van der Waals surface area contributed by atoms with Crippen molar-refractivity contribution >= 4 is 21.6 Å². The fourth-order valence-electron chi connectivity index (χ4n) is 3.66. The van der Waals surface area contributed by atoms with Gasteiger partial charge in [0.2, 0.25) is 10.0 Å². The Morgan fingerprint density at radius 2 is 1.64 bits per heavy atom. The summed E-state index contributed by atoms with van der Waals surface area (Å²) in [5, 5.41) is 7.47. The number of aromatic nitrogens is 2. The molecule has 0 saturated carbocycles. The summed E-state index contributed by atoms with van der Waals surface area (Å²) in [5.41, 5.74) is 2.81. The van der Waals surface area contributed by atoms with Gasteiger partial charge in [-0.25, -0.2) is 17.8 Å². The number of benzene rings is 3. The zero-order chi connectivity index (χ0) is 25.0. The Morgan fingerprint density at radius 1 is 0.889 bits per heavy atom. The van der Waals surface area contributed by atoms with Gasteiger partial charge in [0.25, 0.3) is 5.91 Å². The number of para-hydroxylation sites is 1. The van der Waals surface area contributed by atoms with Crippen LogP contribution in [-0.2, 0) is 16.6 Å². The van der Waals surface area contributed by atoms with Crippen molar-refractivity contribution in [1.82, 2.24) is 14.5 Å². The molecule has 3 aromatic carbocycles. The van der Waals surface area contributed by atoms with E-state index in [2.05, 4.69) is 15.1 Å². The number of carbonyl (C=O) groups is 1. The number of nitrogens with zero attached hydrogens (tertiary/aromatic N) is 2. The van der Waals surface area contributed by atoms with Crippen LogP contribution in [0.3, 0.4) is 0 Å². The van der Waals surface area contributed by atoms with Gasteiger partial charge in [-0.1, -0.05) is 54.6 Å². The molecule has 0 fully saturated rings. The predicted molar refractivity (Wildman–Crippen MR) is 136 cm³/mol. The average Bonchev–Trinajstić information content (AvgIpc) is 3.59. The number of hydrogen-bond donors (Lipinski definition) is 2. The van der Waals surface area contributed by atoms with Crippen molar-refractivity contribution in [3.8, 4) is 16.9 Å². The second-order valence-electron chi connectivity index (χ2n) is 7.92. The molecular formula is C27H22N4O4S. The number of amides is 1. The van der Waals surface area contributed by atoms with Crippen LogP contribution < -0.4 is 10.0 Å². The van der Waals surface area contributed by atoms with Crippen LogP contribution in [0.1, 0.15) is 16.1 Å². The largest absolute Gasteiger partial charge is 0.468 e. The molecule has 0 saturated heterocycles. The number of rotatable bonds is 8. The molecule has 1 amide bonds. The van der Waals surface area contributed by atoms with Crippen molar-refractivity contribution in [2.45, 2.75) is 11.4 Å². The monoisotopic (exact) mass is 498 g/mol. The smallest absolute Gasteiger partial charge is 0.259 e. The quantitative estimate of drug-likeness (QED) is 0.318. The highest BCUT2D eigenvalue weighted by atomic mass is 32.2. The second-order valence-corrected chi connectivity index (χ2v) is 9.69. The molecular weight excluding hydrogens is 476 g/mol. The lowest BCUT2D eigenvalue weighted by Gasteiger charge is -2.09. The number of anilines is 1. The number of carbonyl (C=O) groups excluding carboxylic acids is 1. The van der Waals surface area contributed by atoms with E-state index in [0.717, 1.165) is 11.3 Å². The molecule has 36 heavy (non-hydrogen) atoms. The molecule has 0 unspecified atom stereocenters. The van der Waals surface area contributed by atoms with Gasteiger partial charge in [0.05, 0.1) is 29.0 Å². The zero-order valence-corrected chi connectivity index (χ0v) is 19.9. The lowest BCUT2D eigenvalue weighted by molar-refractivity contribution is 0.102. The molecule has 0 aliphatic heterocycles. The fourth-order valence-corrected chi connectivity index (χ4v) is 4.70. The molecule has 0 bridgehead atoms. The Hall–Kier alpha value is -4.47. The number of furan rings is 1. The van der Waals surface area contributed by atoms with Gasteiger partial charge in [-0.15, -0.1) is 0 Å². The van der Waals surface area contributed by atoms with Crippen molar-refractivity contribution in [1.29, 1.82) is 0 Å². The minimum Gasteiger partial charge on any atom is -0.468 e. The van der Waals surface area contributed by atoms with E-state index in [1.54, 1.807) is 35.1 Å². The summed E-state index contributed by atoms with van der Waals surface area (Å²) in [6, 6.07) is 28.3. The van der Waals surface area contributed by atoms with Gasteiger partial charge in [-0.3, -0.25) is 4.79 Å². The number of sulfonamides is 1. The first-order chi connectivity index (χ1) is 17.5. The molecule has 0 aliphatic rings. The van der Waals surface area contributed by atoms with Gasteiger partial charge in [0.1, 0.15) is 11.5 Å². The Labute approximate surface area is 208 Å². The molecule has 180 valence electrons. The van der Waals surface area contributed by atoms with Gasteiger partial charge >= 0.3 is 0 Å². The highest BCUT2D eigenvalue weighted by molar-refractivity contribution is 7.89. The van der Waals surface area contributed by atoms with Crippen LogP contribution in [0.4, 0.5) is 5.69 Å². The number of hydrogen-bond acceptors (Lipinski definition) is 5. The highest BCUT2D eigenvalue weighted by Crippen LogP contribution is 2.25. The van der Waals surface area contributed by atoms with Crippen molar-refractivity contribution in [2.24, 2.45) is 0 Å². The third-order valence-corrected chi connectivity index (χ3v) is 6.84. The number of nitrogens with one attached hydrogen (secondary N) is 2. The Bertz CT molecular complexity index is 1580. The topological polar surface area (TPSA) is 106 Å². The second kappa shape index (κ2) is 10.0. The van der Waals surface area contributed by atoms with Crippen molar-refractivity contribution < 1.29 is 17.6 Å². The third-order valence-electron chi connectivity index (χ3n) is 5.45. The lowest BCUT2D eigenvalue weighted by Crippen LogP contribution is -2.23. The first-order valence-electron chi connectivity index (χ1n) is 11.1. The van der Waals surface area contributed by atoms with E-state index in [1.165, 1.54) is 18.4 Å². The molecule has 8 nitrogen and oxygen atoms in total. The SMILES string of the molecule is O=C(Nc1cccc(S(=O)(=O)NCc2ccco2)c1)c1cn(-c2ccccc2)nc1-c1ccccc1. The highest BCUT2D eigenvalue weighted by Gasteiger charge is 2.20. The van der Waals surface area contributed by atoms with E-state index in [9.17, 15) is 13.2 Å². The zero-order valence-electron chi connectivity index (χ0n) is 19.0. The van der Waals surface area contributed by atoms with Crippen LogP contribution in [0.2, 0.25) is 0 Å². The van der Waals surface area contributed by atoms with Gasteiger partial charge in [-0.2, -0.15) is 5.10 Å². The summed E-state index contributed by atoms with van der Waals surface area (Å²) in [6.07, 6.45) is 3.14. The Balaban J connectivity index is 1.42. The van der Waals surface area contributed by atoms with Crippen LogP contribution in [-0.4, -0.2) is 24.1 Å².